The Morgan fingerprint density at radius 2 is 2.10 bits per heavy atom. The molecule has 1 unspecified atom stereocenters. The fraction of sp³-hybridized carbons (Fsp3) is 0.400. The van der Waals surface area contributed by atoms with Gasteiger partial charge in [-0.1, -0.05) is 0 Å². The maximum Gasteiger partial charge on any atom is 0.274 e. The third-order valence-electron chi connectivity index (χ3n) is 3.59. The van der Waals surface area contributed by atoms with Crippen molar-refractivity contribution >= 4 is 11.4 Å². The lowest BCUT2D eigenvalue weighted by Crippen LogP contribution is -2.08. The Labute approximate surface area is 123 Å². The van der Waals surface area contributed by atoms with Crippen molar-refractivity contribution in [3.05, 3.63) is 51.3 Å². The summed E-state index contributed by atoms with van der Waals surface area (Å²) in [7, 11) is 0. The Balaban J connectivity index is 2.26. The number of anilines is 1. The van der Waals surface area contributed by atoms with Crippen LogP contribution < -0.4 is 5.32 Å². The number of rotatable bonds is 5. The number of aromatic nitrogens is 2. The zero-order valence-corrected chi connectivity index (χ0v) is 12.8. The topological polar surface area (TPSA) is 73.0 Å². The molecule has 2 rings (SSSR count). The summed E-state index contributed by atoms with van der Waals surface area (Å²) in [4.78, 5) is 10.7. The fourth-order valence-electron chi connectivity index (χ4n) is 2.29. The molecule has 0 aliphatic carbocycles. The SMILES string of the molecule is CCn1cc(C(C)Nc2cc([N+](=O)[O-])c(C)cc2C)cn1. The van der Waals surface area contributed by atoms with E-state index in [0.29, 0.717) is 5.56 Å². The number of hydrogen-bond donors (Lipinski definition) is 1. The maximum absolute atomic E-state index is 11.0. The first kappa shape index (κ1) is 15.0. The molecule has 2 aromatic rings. The van der Waals surface area contributed by atoms with Crippen LogP contribution in [0, 0.1) is 24.0 Å². The van der Waals surface area contributed by atoms with Crippen LogP contribution in [0.2, 0.25) is 0 Å². The quantitative estimate of drug-likeness (QED) is 0.674. The molecule has 0 amide bonds. The van der Waals surface area contributed by atoms with Crippen LogP contribution in [0.3, 0.4) is 0 Å². The molecule has 1 heterocycles. The molecule has 0 saturated heterocycles. The Kier molecular flexibility index (Phi) is 4.26. The first-order valence-corrected chi connectivity index (χ1v) is 6.97. The molecule has 0 aliphatic rings. The summed E-state index contributed by atoms with van der Waals surface area (Å²) < 4.78 is 1.86. The molecule has 0 aliphatic heterocycles. The van der Waals surface area contributed by atoms with Gasteiger partial charge in [0.25, 0.3) is 5.69 Å². The van der Waals surface area contributed by atoms with Crippen LogP contribution in [0.1, 0.15) is 36.6 Å². The first-order chi connectivity index (χ1) is 9.92. The van der Waals surface area contributed by atoms with E-state index in [1.807, 2.05) is 43.9 Å². The van der Waals surface area contributed by atoms with Crippen molar-refractivity contribution < 1.29 is 4.92 Å². The van der Waals surface area contributed by atoms with E-state index in [9.17, 15) is 10.1 Å². The summed E-state index contributed by atoms with van der Waals surface area (Å²) in [6, 6.07) is 3.47. The van der Waals surface area contributed by atoms with Gasteiger partial charge >= 0.3 is 0 Å². The summed E-state index contributed by atoms with van der Waals surface area (Å²) in [6.07, 6.45) is 3.80. The van der Waals surface area contributed by atoms with Crippen molar-refractivity contribution in [1.29, 1.82) is 0 Å². The molecule has 21 heavy (non-hydrogen) atoms. The Morgan fingerprint density at radius 1 is 1.38 bits per heavy atom. The fourth-order valence-corrected chi connectivity index (χ4v) is 2.29. The van der Waals surface area contributed by atoms with E-state index in [0.717, 1.165) is 23.4 Å². The molecule has 112 valence electrons. The number of benzene rings is 1. The van der Waals surface area contributed by atoms with E-state index in [4.69, 9.17) is 0 Å². The largest absolute Gasteiger partial charge is 0.378 e. The number of nitrogens with one attached hydrogen (secondary N) is 1. The summed E-state index contributed by atoms with van der Waals surface area (Å²) in [5.74, 6) is 0. The molecule has 1 N–H and O–H groups in total. The second kappa shape index (κ2) is 5.95. The predicted octanol–water partition coefficient (Wildman–Crippen LogP) is 3.60. The van der Waals surface area contributed by atoms with Crippen LogP contribution in [0.25, 0.3) is 0 Å². The standard InChI is InChI=1S/C15H20N4O2/c1-5-18-9-13(8-16-18)12(4)17-14-7-15(19(20)21)11(3)6-10(14)2/h6-9,12,17H,5H2,1-4H3. The Hall–Kier alpha value is -2.37. The minimum atomic E-state index is -0.347. The van der Waals surface area contributed by atoms with Gasteiger partial charge in [0.2, 0.25) is 0 Å². The van der Waals surface area contributed by atoms with Gasteiger partial charge in [-0.3, -0.25) is 14.8 Å². The molecule has 1 atom stereocenters. The van der Waals surface area contributed by atoms with Crippen molar-refractivity contribution in [2.45, 2.75) is 40.3 Å². The van der Waals surface area contributed by atoms with Crippen LogP contribution in [0.5, 0.6) is 0 Å². The number of nitro groups is 1. The Bertz CT molecular complexity index is 664. The van der Waals surface area contributed by atoms with Crippen LogP contribution in [-0.2, 0) is 6.54 Å². The molecule has 0 fully saturated rings. The van der Waals surface area contributed by atoms with Crippen molar-refractivity contribution in [1.82, 2.24) is 9.78 Å². The molecule has 0 saturated carbocycles. The summed E-state index contributed by atoms with van der Waals surface area (Å²) in [5.41, 5.74) is 3.64. The van der Waals surface area contributed by atoms with Crippen LogP contribution in [0.15, 0.2) is 24.5 Å². The minimum absolute atomic E-state index is 0.0336. The van der Waals surface area contributed by atoms with E-state index in [2.05, 4.69) is 10.4 Å². The van der Waals surface area contributed by atoms with Gasteiger partial charge in [-0.05, 0) is 39.3 Å². The highest BCUT2D eigenvalue weighted by atomic mass is 16.6. The highest BCUT2D eigenvalue weighted by molar-refractivity contribution is 5.60. The number of nitro benzene ring substituents is 1. The zero-order chi connectivity index (χ0) is 15.6. The maximum atomic E-state index is 11.0. The van der Waals surface area contributed by atoms with Crippen molar-refractivity contribution in [2.24, 2.45) is 0 Å². The lowest BCUT2D eigenvalue weighted by atomic mass is 10.1. The number of nitrogens with zero attached hydrogens (tertiary/aromatic N) is 3. The molecule has 6 nitrogen and oxygen atoms in total. The minimum Gasteiger partial charge on any atom is -0.378 e. The summed E-state index contributed by atoms with van der Waals surface area (Å²) in [5, 5.41) is 18.6. The van der Waals surface area contributed by atoms with Crippen LogP contribution in [0.4, 0.5) is 11.4 Å². The molecule has 0 bridgehead atoms. The van der Waals surface area contributed by atoms with E-state index < -0.39 is 0 Å². The summed E-state index contributed by atoms with van der Waals surface area (Å²) >= 11 is 0. The van der Waals surface area contributed by atoms with Gasteiger partial charge in [0.15, 0.2) is 0 Å². The first-order valence-electron chi connectivity index (χ1n) is 6.97. The van der Waals surface area contributed by atoms with E-state index in [1.165, 1.54) is 0 Å². The van der Waals surface area contributed by atoms with E-state index >= 15 is 0 Å². The van der Waals surface area contributed by atoms with E-state index in [-0.39, 0.29) is 16.7 Å². The molecular formula is C15H20N4O2. The number of aryl methyl sites for hydroxylation is 3. The van der Waals surface area contributed by atoms with Crippen molar-refractivity contribution in [3.63, 3.8) is 0 Å². The highest BCUT2D eigenvalue weighted by Crippen LogP contribution is 2.29. The van der Waals surface area contributed by atoms with Crippen molar-refractivity contribution in [2.75, 3.05) is 5.32 Å². The van der Waals surface area contributed by atoms with Gasteiger partial charge in [0.1, 0.15) is 0 Å². The second-order valence-electron chi connectivity index (χ2n) is 5.21. The third-order valence-corrected chi connectivity index (χ3v) is 3.59. The predicted molar refractivity (Wildman–Crippen MR) is 82.5 cm³/mol. The van der Waals surface area contributed by atoms with Gasteiger partial charge in [-0.15, -0.1) is 0 Å². The number of hydrogen-bond acceptors (Lipinski definition) is 4. The van der Waals surface area contributed by atoms with Gasteiger partial charge in [0.05, 0.1) is 17.2 Å². The summed E-state index contributed by atoms with van der Waals surface area (Å²) in [6.45, 7) is 8.57. The molecule has 1 aromatic carbocycles. The van der Waals surface area contributed by atoms with Gasteiger partial charge in [-0.25, -0.2) is 0 Å². The molecule has 0 spiro atoms. The molecule has 0 radical (unpaired) electrons. The van der Waals surface area contributed by atoms with Crippen LogP contribution in [-0.4, -0.2) is 14.7 Å². The normalized spacial score (nSPS) is 12.2. The smallest absolute Gasteiger partial charge is 0.274 e. The monoisotopic (exact) mass is 288 g/mol. The van der Waals surface area contributed by atoms with Crippen LogP contribution >= 0.6 is 0 Å². The molecular weight excluding hydrogens is 268 g/mol. The van der Waals surface area contributed by atoms with Gasteiger partial charge in [0, 0.05) is 35.6 Å². The third kappa shape index (κ3) is 3.21. The average molecular weight is 288 g/mol. The molecule has 6 heteroatoms. The zero-order valence-electron chi connectivity index (χ0n) is 12.8. The Morgan fingerprint density at radius 3 is 2.67 bits per heavy atom. The van der Waals surface area contributed by atoms with E-state index in [1.54, 1.807) is 13.0 Å². The molecule has 1 aromatic heterocycles. The average Bonchev–Trinajstić information content (AvgIpc) is 2.90. The van der Waals surface area contributed by atoms with Crippen molar-refractivity contribution in [3.8, 4) is 0 Å². The highest BCUT2D eigenvalue weighted by Gasteiger charge is 2.15. The lowest BCUT2D eigenvalue weighted by molar-refractivity contribution is -0.385. The van der Waals surface area contributed by atoms with Gasteiger partial charge in [-0.2, -0.15) is 5.10 Å². The lowest BCUT2D eigenvalue weighted by Gasteiger charge is -2.16. The van der Waals surface area contributed by atoms with Gasteiger partial charge < -0.3 is 5.32 Å². The second-order valence-corrected chi connectivity index (χ2v) is 5.21.